The summed E-state index contributed by atoms with van der Waals surface area (Å²) < 4.78 is 11.0. The molecule has 1 aliphatic rings. The highest BCUT2D eigenvalue weighted by Crippen LogP contribution is 2.11. The van der Waals surface area contributed by atoms with Crippen molar-refractivity contribution in [3.05, 3.63) is 59.5 Å². The van der Waals surface area contributed by atoms with Crippen LogP contribution in [-0.2, 0) is 11.3 Å². The van der Waals surface area contributed by atoms with Gasteiger partial charge in [0.15, 0.2) is 5.76 Å². The summed E-state index contributed by atoms with van der Waals surface area (Å²) in [6, 6.07) is 12.2. The number of aryl methyl sites for hydroxylation is 1. The second-order valence-electron chi connectivity index (χ2n) is 5.86. The van der Waals surface area contributed by atoms with Gasteiger partial charge >= 0.3 is 0 Å². The third-order valence-corrected chi connectivity index (χ3v) is 4.03. The number of hydrogen-bond acceptors (Lipinski definition) is 4. The molecule has 5 heteroatoms. The van der Waals surface area contributed by atoms with Crippen molar-refractivity contribution in [3.8, 4) is 0 Å². The number of ether oxygens (including phenoxy) is 1. The van der Waals surface area contributed by atoms with Crippen LogP contribution in [0.3, 0.4) is 0 Å². The Morgan fingerprint density at radius 1 is 1.30 bits per heavy atom. The van der Waals surface area contributed by atoms with Gasteiger partial charge in [-0.2, -0.15) is 0 Å². The van der Waals surface area contributed by atoms with Crippen LogP contribution in [0, 0.1) is 6.92 Å². The predicted molar refractivity (Wildman–Crippen MR) is 87.2 cm³/mol. The normalized spacial score (nSPS) is 18.7. The average molecular weight is 314 g/mol. The number of nitrogens with one attached hydrogen (secondary N) is 1. The first-order valence-corrected chi connectivity index (χ1v) is 7.92. The molecule has 1 N–H and O–H groups in total. The second-order valence-corrected chi connectivity index (χ2v) is 5.86. The highest BCUT2D eigenvalue weighted by molar-refractivity contribution is 5.92. The highest BCUT2D eigenvalue weighted by Gasteiger charge is 2.22. The lowest BCUT2D eigenvalue weighted by Gasteiger charge is -2.33. The second kappa shape index (κ2) is 7.44. The molecule has 5 nitrogen and oxygen atoms in total. The molecule has 1 aromatic carbocycles. The van der Waals surface area contributed by atoms with Gasteiger partial charge in [-0.25, -0.2) is 0 Å². The first-order valence-electron chi connectivity index (χ1n) is 7.92. The quantitative estimate of drug-likeness (QED) is 0.919. The topological polar surface area (TPSA) is 54.7 Å². The van der Waals surface area contributed by atoms with Crippen molar-refractivity contribution >= 4 is 5.91 Å². The summed E-state index contributed by atoms with van der Waals surface area (Å²) in [6.45, 7) is 5.67. The fourth-order valence-electron chi connectivity index (χ4n) is 2.78. The van der Waals surface area contributed by atoms with Gasteiger partial charge in [-0.3, -0.25) is 9.69 Å². The summed E-state index contributed by atoms with van der Waals surface area (Å²) in [4.78, 5) is 14.4. The highest BCUT2D eigenvalue weighted by atomic mass is 16.5. The molecule has 1 saturated heterocycles. The molecule has 0 saturated carbocycles. The zero-order valence-electron chi connectivity index (χ0n) is 13.3. The molecule has 0 bridgehead atoms. The maximum Gasteiger partial charge on any atom is 0.287 e. The smallest absolute Gasteiger partial charge is 0.287 e. The molecule has 2 aromatic rings. The molecule has 1 atom stereocenters. The monoisotopic (exact) mass is 314 g/mol. The Labute approximate surface area is 136 Å². The Morgan fingerprint density at radius 2 is 2.13 bits per heavy atom. The van der Waals surface area contributed by atoms with Crippen molar-refractivity contribution in [2.45, 2.75) is 19.6 Å². The zero-order valence-corrected chi connectivity index (χ0v) is 13.3. The summed E-state index contributed by atoms with van der Waals surface area (Å²) in [5, 5.41) is 2.90. The van der Waals surface area contributed by atoms with Crippen LogP contribution in [0.4, 0.5) is 0 Å². The van der Waals surface area contributed by atoms with E-state index in [0.717, 1.165) is 25.2 Å². The standard InChI is InChI=1S/C18H22N2O3/c1-14-7-9-23-17(14)18(21)19-11-16-13-20(8-10-22-16)12-15-5-3-2-4-6-15/h2-7,9,16H,8,10-13H2,1H3,(H,19,21). The summed E-state index contributed by atoms with van der Waals surface area (Å²) >= 11 is 0. The van der Waals surface area contributed by atoms with Gasteiger partial charge in [-0.05, 0) is 18.6 Å². The molecule has 0 radical (unpaired) electrons. The Morgan fingerprint density at radius 3 is 2.87 bits per heavy atom. The zero-order chi connectivity index (χ0) is 16.1. The minimum absolute atomic E-state index is 0.00619. The molecular weight excluding hydrogens is 292 g/mol. The van der Waals surface area contributed by atoms with Gasteiger partial charge in [0.25, 0.3) is 5.91 Å². The largest absolute Gasteiger partial charge is 0.459 e. The summed E-state index contributed by atoms with van der Waals surface area (Å²) in [5.74, 6) is 0.193. The van der Waals surface area contributed by atoms with Crippen molar-refractivity contribution in [3.63, 3.8) is 0 Å². The molecule has 2 heterocycles. The Balaban J connectivity index is 1.49. The van der Waals surface area contributed by atoms with Crippen molar-refractivity contribution in [1.29, 1.82) is 0 Å². The molecule has 0 aliphatic carbocycles. The average Bonchev–Trinajstić information content (AvgIpc) is 3.00. The number of carbonyl (C=O) groups excluding carboxylic acids is 1. The minimum atomic E-state index is -0.184. The van der Waals surface area contributed by atoms with Crippen LogP contribution < -0.4 is 5.32 Å². The summed E-state index contributed by atoms with van der Waals surface area (Å²) in [6.07, 6.45) is 1.54. The maximum atomic E-state index is 12.1. The number of morpholine rings is 1. The van der Waals surface area contributed by atoms with Gasteiger partial charge in [0.1, 0.15) is 0 Å². The SMILES string of the molecule is Cc1ccoc1C(=O)NCC1CN(Cc2ccccc2)CCO1. The molecule has 23 heavy (non-hydrogen) atoms. The van der Waals surface area contributed by atoms with Crippen LogP contribution in [0.1, 0.15) is 21.7 Å². The molecule has 1 fully saturated rings. The van der Waals surface area contributed by atoms with Crippen LogP contribution in [0.15, 0.2) is 47.1 Å². The number of nitrogens with zero attached hydrogens (tertiary/aromatic N) is 1. The van der Waals surface area contributed by atoms with Crippen LogP contribution in [0.5, 0.6) is 0 Å². The van der Waals surface area contributed by atoms with Crippen molar-refractivity contribution in [2.75, 3.05) is 26.2 Å². The van der Waals surface area contributed by atoms with E-state index in [-0.39, 0.29) is 12.0 Å². The van der Waals surface area contributed by atoms with Crippen LogP contribution in [0.2, 0.25) is 0 Å². The van der Waals surface area contributed by atoms with Crippen LogP contribution >= 0.6 is 0 Å². The Hall–Kier alpha value is -2.11. The molecule has 1 aliphatic heterocycles. The van der Waals surface area contributed by atoms with Gasteiger partial charge in [-0.1, -0.05) is 30.3 Å². The van der Waals surface area contributed by atoms with Gasteiger partial charge < -0.3 is 14.5 Å². The van der Waals surface area contributed by atoms with E-state index < -0.39 is 0 Å². The van der Waals surface area contributed by atoms with E-state index in [1.54, 1.807) is 6.07 Å². The van der Waals surface area contributed by atoms with Crippen molar-refractivity contribution in [1.82, 2.24) is 10.2 Å². The third kappa shape index (κ3) is 4.21. The lowest BCUT2D eigenvalue weighted by Crippen LogP contribution is -2.47. The molecular formula is C18H22N2O3. The van der Waals surface area contributed by atoms with E-state index in [0.29, 0.717) is 18.9 Å². The lowest BCUT2D eigenvalue weighted by molar-refractivity contribution is -0.0293. The number of furan rings is 1. The first-order chi connectivity index (χ1) is 11.2. The van der Waals surface area contributed by atoms with E-state index in [1.165, 1.54) is 11.8 Å². The van der Waals surface area contributed by atoms with E-state index >= 15 is 0 Å². The first kappa shape index (κ1) is 15.8. The number of carbonyl (C=O) groups is 1. The lowest BCUT2D eigenvalue weighted by atomic mass is 10.2. The van der Waals surface area contributed by atoms with Gasteiger partial charge in [0.2, 0.25) is 0 Å². The minimum Gasteiger partial charge on any atom is -0.459 e. The number of rotatable bonds is 5. The fourth-order valence-corrected chi connectivity index (χ4v) is 2.78. The maximum absolute atomic E-state index is 12.1. The molecule has 1 amide bonds. The van der Waals surface area contributed by atoms with E-state index in [4.69, 9.17) is 9.15 Å². The number of hydrogen-bond donors (Lipinski definition) is 1. The predicted octanol–water partition coefficient (Wildman–Crippen LogP) is 2.22. The van der Waals surface area contributed by atoms with E-state index in [1.807, 2.05) is 13.0 Å². The van der Waals surface area contributed by atoms with E-state index in [2.05, 4.69) is 34.5 Å². The summed E-state index contributed by atoms with van der Waals surface area (Å²) in [7, 11) is 0. The Kier molecular flexibility index (Phi) is 5.10. The van der Waals surface area contributed by atoms with Crippen LogP contribution in [0.25, 0.3) is 0 Å². The van der Waals surface area contributed by atoms with Gasteiger partial charge in [-0.15, -0.1) is 0 Å². The molecule has 122 valence electrons. The van der Waals surface area contributed by atoms with Crippen molar-refractivity contribution in [2.24, 2.45) is 0 Å². The summed E-state index contributed by atoms with van der Waals surface area (Å²) in [5.41, 5.74) is 2.14. The van der Waals surface area contributed by atoms with Crippen molar-refractivity contribution < 1.29 is 13.9 Å². The molecule has 3 rings (SSSR count). The van der Waals surface area contributed by atoms with Gasteiger partial charge in [0.05, 0.1) is 19.0 Å². The fraction of sp³-hybridized carbons (Fsp3) is 0.389. The number of amides is 1. The molecule has 0 spiro atoms. The molecule has 1 unspecified atom stereocenters. The van der Waals surface area contributed by atoms with E-state index in [9.17, 15) is 4.79 Å². The Bertz CT molecular complexity index is 639. The third-order valence-electron chi connectivity index (χ3n) is 4.03. The molecule has 1 aromatic heterocycles. The van der Waals surface area contributed by atoms with Crippen LogP contribution in [-0.4, -0.2) is 43.2 Å². The number of benzene rings is 1. The van der Waals surface area contributed by atoms with Gasteiger partial charge in [0, 0.05) is 31.7 Å².